The summed E-state index contributed by atoms with van der Waals surface area (Å²) in [4.78, 5) is 16.3. The van der Waals surface area contributed by atoms with E-state index < -0.39 is 0 Å². The molecule has 1 saturated heterocycles. The number of rotatable bonds is 7. The minimum atomic E-state index is -0.206. The molecule has 4 aromatic heterocycles. The van der Waals surface area contributed by atoms with Gasteiger partial charge in [-0.05, 0) is 57.6 Å². The number of aromatic amines is 1. The molecule has 6 rings (SSSR count). The molecule has 2 aliphatic rings. The predicted molar refractivity (Wildman–Crippen MR) is 140 cm³/mol. The van der Waals surface area contributed by atoms with Crippen LogP contribution in [-0.4, -0.2) is 54.1 Å². The Balaban J connectivity index is 1.29. The summed E-state index contributed by atoms with van der Waals surface area (Å²) in [5.74, 6) is 3.50. The van der Waals surface area contributed by atoms with Crippen molar-refractivity contribution in [1.82, 2.24) is 30.3 Å². The standard InChI is InChI=1S/C26H31N9O2/c1-16-13-25(33-32-16)29-24-15-23(28-17-7-9-18(36)10-8-17)30-26(31-24)35-12-4-6-21(35)22-14-20(34-37-22)19-5-2-3-11-27-19/h2-3,5,11,13-15,17-18,21,36H,4,6-10,12H2,1H3,(H3,28,29,30,31,32,33)/t17?,18?,21-/m0/s1. The normalized spacial score (nSPS) is 21.8. The Hall–Kier alpha value is -3.99. The highest BCUT2D eigenvalue weighted by molar-refractivity contribution is 5.60. The summed E-state index contributed by atoms with van der Waals surface area (Å²) in [6.07, 6.45) is 6.86. The van der Waals surface area contributed by atoms with Crippen LogP contribution in [0.2, 0.25) is 0 Å². The maximum atomic E-state index is 9.90. The Morgan fingerprint density at radius 3 is 2.65 bits per heavy atom. The second kappa shape index (κ2) is 10.2. The zero-order valence-corrected chi connectivity index (χ0v) is 20.8. The lowest BCUT2D eigenvalue weighted by Gasteiger charge is -2.28. The highest BCUT2D eigenvalue weighted by Crippen LogP contribution is 2.37. The van der Waals surface area contributed by atoms with Crippen molar-refractivity contribution in [3.63, 3.8) is 0 Å². The summed E-state index contributed by atoms with van der Waals surface area (Å²) in [5, 5.41) is 28.3. The van der Waals surface area contributed by atoms with Gasteiger partial charge in [0.05, 0.1) is 17.8 Å². The van der Waals surface area contributed by atoms with Crippen molar-refractivity contribution >= 4 is 23.4 Å². The fourth-order valence-electron chi connectivity index (χ4n) is 5.13. The van der Waals surface area contributed by atoms with Crippen molar-refractivity contribution in [1.29, 1.82) is 0 Å². The number of hydrogen-bond acceptors (Lipinski definition) is 10. The Labute approximate surface area is 214 Å². The minimum Gasteiger partial charge on any atom is -0.393 e. The smallest absolute Gasteiger partial charge is 0.229 e. The van der Waals surface area contributed by atoms with Gasteiger partial charge in [-0.25, -0.2) is 0 Å². The summed E-state index contributed by atoms with van der Waals surface area (Å²) < 4.78 is 5.79. The van der Waals surface area contributed by atoms with Crippen molar-refractivity contribution in [2.75, 3.05) is 22.1 Å². The number of hydrogen-bond donors (Lipinski definition) is 4. The Morgan fingerprint density at radius 1 is 1.00 bits per heavy atom. The molecular weight excluding hydrogens is 470 g/mol. The van der Waals surface area contributed by atoms with Gasteiger partial charge in [0.25, 0.3) is 0 Å². The van der Waals surface area contributed by atoms with Crippen LogP contribution in [0.5, 0.6) is 0 Å². The lowest BCUT2D eigenvalue weighted by atomic mass is 9.93. The van der Waals surface area contributed by atoms with Crippen LogP contribution in [0.1, 0.15) is 56.0 Å². The number of anilines is 4. The molecule has 1 aliphatic heterocycles. The molecule has 11 nitrogen and oxygen atoms in total. The molecule has 0 amide bonds. The van der Waals surface area contributed by atoms with E-state index in [1.165, 1.54) is 0 Å². The highest BCUT2D eigenvalue weighted by Gasteiger charge is 2.32. The topological polar surface area (TPSA) is 141 Å². The number of pyridine rings is 1. The maximum absolute atomic E-state index is 9.90. The first-order chi connectivity index (χ1) is 18.1. The molecule has 0 bridgehead atoms. The third kappa shape index (κ3) is 5.26. The average molecular weight is 502 g/mol. The van der Waals surface area contributed by atoms with Gasteiger partial charge in [0, 0.05) is 42.7 Å². The van der Waals surface area contributed by atoms with Gasteiger partial charge in [-0.2, -0.15) is 15.1 Å². The fraction of sp³-hybridized carbons (Fsp3) is 0.423. The molecule has 0 radical (unpaired) electrons. The van der Waals surface area contributed by atoms with Crippen molar-refractivity contribution in [3.05, 3.63) is 54.0 Å². The quantitative estimate of drug-likeness (QED) is 0.289. The number of nitrogens with zero attached hydrogens (tertiary/aromatic N) is 6. The number of aryl methyl sites for hydroxylation is 1. The molecule has 4 aromatic rings. The Bertz CT molecular complexity index is 1330. The van der Waals surface area contributed by atoms with Gasteiger partial charge >= 0.3 is 0 Å². The van der Waals surface area contributed by atoms with Gasteiger partial charge in [-0.15, -0.1) is 0 Å². The zero-order valence-electron chi connectivity index (χ0n) is 20.8. The molecule has 0 aromatic carbocycles. The van der Waals surface area contributed by atoms with Crippen molar-refractivity contribution in [2.45, 2.75) is 63.6 Å². The second-order valence-corrected chi connectivity index (χ2v) is 9.83. The lowest BCUT2D eigenvalue weighted by Crippen LogP contribution is -2.29. The van der Waals surface area contributed by atoms with Crippen LogP contribution in [-0.2, 0) is 0 Å². The largest absolute Gasteiger partial charge is 0.393 e. The molecule has 192 valence electrons. The summed E-state index contributed by atoms with van der Waals surface area (Å²) in [7, 11) is 0. The monoisotopic (exact) mass is 501 g/mol. The Morgan fingerprint density at radius 2 is 1.86 bits per heavy atom. The van der Waals surface area contributed by atoms with Crippen molar-refractivity contribution in [3.8, 4) is 11.4 Å². The third-order valence-electron chi connectivity index (χ3n) is 7.02. The Kier molecular flexibility index (Phi) is 6.44. The first kappa shape index (κ1) is 23.4. The second-order valence-electron chi connectivity index (χ2n) is 9.83. The van der Waals surface area contributed by atoms with E-state index in [4.69, 9.17) is 14.5 Å². The number of aromatic nitrogens is 6. The summed E-state index contributed by atoms with van der Waals surface area (Å²) in [6.45, 7) is 2.77. The summed E-state index contributed by atoms with van der Waals surface area (Å²) in [6, 6.07) is 11.8. The van der Waals surface area contributed by atoms with Crippen LogP contribution in [0.25, 0.3) is 11.4 Å². The molecule has 1 saturated carbocycles. The maximum Gasteiger partial charge on any atom is 0.229 e. The number of aliphatic hydroxyl groups excluding tert-OH is 1. The van der Waals surface area contributed by atoms with E-state index in [-0.39, 0.29) is 18.2 Å². The highest BCUT2D eigenvalue weighted by atomic mass is 16.5. The third-order valence-corrected chi connectivity index (χ3v) is 7.02. The van der Waals surface area contributed by atoms with E-state index >= 15 is 0 Å². The molecular formula is C26H31N9O2. The first-order valence-corrected chi connectivity index (χ1v) is 12.9. The van der Waals surface area contributed by atoms with Gasteiger partial charge in [-0.1, -0.05) is 11.2 Å². The van der Waals surface area contributed by atoms with Crippen LogP contribution in [0, 0.1) is 6.92 Å². The average Bonchev–Trinajstić information content (AvgIpc) is 3.67. The van der Waals surface area contributed by atoms with Crippen LogP contribution in [0.3, 0.4) is 0 Å². The molecule has 11 heteroatoms. The van der Waals surface area contributed by atoms with Crippen LogP contribution < -0.4 is 15.5 Å². The SMILES string of the molecule is Cc1cc(Nc2cc(NC3CCC(O)CC3)nc(N3CCC[C@H]3c3cc(-c4ccccn4)no3)n2)n[nH]1. The van der Waals surface area contributed by atoms with Crippen molar-refractivity contribution < 1.29 is 9.63 Å². The first-order valence-electron chi connectivity index (χ1n) is 12.9. The molecule has 2 fully saturated rings. The molecule has 0 spiro atoms. The van der Waals surface area contributed by atoms with Crippen LogP contribution >= 0.6 is 0 Å². The molecule has 37 heavy (non-hydrogen) atoms. The molecule has 1 atom stereocenters. The molecule has 5 heterocycles. The zero-order chi connectivity index (χ0) is 25.2. The van der Waals surface area contributed by atoms with E-state index in [0.717, 1.165) is 73.7 Å². The van der Waals surface area contributed by atoms with E-state index in [0.29, 0.717) is 17.6 Å². The van der Waals surface area contributed by atoms with Crippen LogP contribution in [0.15, 0.2) is 47.1 Å². The van der Waals surface area contributed by atoms with Gasteiger partial charge in [0.15, 0.2) is 11.6 Å². The summed E-state index contributed by atoms with van der Waals surface area (Å²) >= 11 is 0. The number of aliphatic hydroxyl groups is 1. The lowest BCUT2D eigenvalue weighted by molar-refractivity contribution is 0.126. The van der Waals surface area contributed by atoms with Gasteiger partial charge < -0.3 is 25.2 Å². The predicted octanol–water partition coefficient (Wildman–Crippen LogP) is 4.36. The fourth-order valence-corrected chi connectivity index (χ4v) is 5.13. The van der Waals surface area contributed by atoms with Crippen molar-refractivity contribution in [2.24, 2.45) is 0 Å². The number of H-pyrrole nitrogens is 1. The van der Waals surface area contributed by atoms with E-state index in [2.05, 4.69) is 35.9 Å². The van der Waals surface area contributed by atoms with Gasteiger partial charge in [-0.3, -0.25) is 10.1 Å². The molecule has 0 unspecified atom stereocenters. The number of nitrogens with one attached hydrogen (secondary N) is 3. The summed E-state index contributed by atoms with van der Waals surface area (Å²) in [5.41, 5.74) is 2.46. The van der Waals surface area contributed by atoms with E-state index in [1.54, 1.807) is 6.20 Å². The van der Waals surface area contributed by atoms with E-state index in [1.807, 2.05) is 43.3 Å². The minimum absolute atomic E-state index is 0.0227. The molecule has 1 aliphatic carbocycles. The van der Waals surface area contributed by atoms with Crippen LogP contribution in [0.4, 0.5) is 23.4 Å². The molecule has 4 N–H and O–H groups in total. The van der Waals surface area contributed by atoms with E-state index in [9.17, 15) is 5.11 Å². The van der Waals surface area contributed by atoms with Gasteiger partial charge in [0.2, 0.25) is 5.95 Å². The van der Waals surface area contributed by atoms with Gasteiger partial charge in [0.1, 0.15) is 17.3 Å².